The van der Waals surface area contributed by atoms with E-state index in [1.807, 2.05) is 31.2 Å². The Bertz CT molecular complexity index is 785. The third-order valence-corrected chi connectivity index (χ3v) is 4.77. The normalized spacial score (nSPS) is 19.4. The number of carbonyl (C=O) groups is 2. The van der Waals surface area contributed by atoms with Crippen molar-refractivity contribution in [1.82, 2.24) is 4.90 Å². The van der Waals surface area contributed by atoms with Crippen molar-refractivity contribution in [3.63, 3.8) is 0 Å². The highest BCUT2D eigenvalue weighted by Gasteiger charge is 2.42. The predicted molar refractivity (Wildman–Crippen MR) is 93.8 cm³/mol. The molecule has 0 saturated carbocycles. The van der Waals surface area contributed by atoms with E-state index in [-0.39, 0.29) is 11.9 Å². The van der Waals surface area contributed by atoms with Crippen LogP contribution in [-0.4, -0.2) is 35.0 Å². The topological polar surface area (TPSA) is 66.8 Å². The van der Waals surface area contributed by atoms with E-state index in [2.05, 4.69) is 0 Å². The monoisotopic (exact) mass is 339 g/mol. The first-order valence-corrected chi connectivity index (χ1v) is 8.32. The predicted octanol–water partition coefficient (Wildman–Crippen LogP) is 3.30. The number of nitrogens with zero attached hydrogens (tertiary/aromatic N) is 1. The standard InChI is InChI=1S/C20H21NO4/c1-3-17-18(20(23)24)15-6-4-5-7-16(15)19(22)21(17)12-13-8-10-14(25-2)11-9-13/h4-11,17-18H,3,12H2,1-2H3,(H,23,24). The highest BCUT2D eigenvalue weighted by atomic mass is 16.5. The Morgan fingerprint density at radius 2 is 1.84 bits per heavy atom. The number of benzene rings is 2. The highest BCUT2D eigenvalue weighted by Crippen LogP contribution is 2.36. The summed E-state index contributed by atoms with van der Waals surface area (Å²) in [7, 11) is 1.60. The Labute approximate surface area is 146 Å². The van der Waals surface area contributed by atoms with E-state index in [1.54, 1.807) is 36.3 Å². The Hall–Kier alpha value is -2.82. The summed E-state index contributed by atoms with van der Waals surface area (Å²) in [6.07, 6.45) is 0.577. The van der Waals surface area contributed by atoms with Gasteiger partial charge in [-0.1, -0.05) is 37.3 Å². The van der Waals surface area contributed by atoms with Crippen LogP contribution in [0.15, 0.2) is 48.5 Å². The van der Waals surface area contributed by atoms with Gasteiger partial charge in [0.2, 0.25) is 0 Å². The van der Waals surface area contributed by atoms with Crippen LogP contribution in [0, 0.1) is 0 Å². The number of carboxylic acid groups (broad SMARTS) is 1. The molecule has 2 unspecified atom stereocenters. The molecule has 2 aromatic rings. The quantitative estimate of drug-likeness (QED) is 0.908. The first-order valence-electron chi connectivity index (χ1n) is 8.32. The summed E-state index contributed by atoms with van der Waals surface area (Å²) in [4.78, 5) is 26.6. The van der Waals surface area contributed by atoms with E-state index in [4.69, 9.17) is 4.74 Å². The van der Waals surface area contributed by atoms with Gasteiger partial charge in [-0.3, -0.25) is 9.59 Å². The molecule has 130 valence electrons. The molecule has 0 fully saturated rings. The third-order valence-electron chi connectivity index (χ3n) is 4.77. The third kappa shape index (κ3) is 3.09. The smallest absolute Gasteiger partial charge is 0.313 e. The number of carbonyl (C=O) groups excluding carboxylic acids is 1. The summed E-state index contributed by atoms with van der Waals surface area (Å²) in [5, 5.41) is 9.77. The Morgan fingerprint density at radius 3 is 2.44 bits per heavy atom. The molecule has 2 aromatic carbocycles. The molecule has 2 atom stereocenters. The zero-order valence-corrected chi connectivity index (χ0v) is 14.3. The van der Waals surface area contributed by atoms with Crippen LogP contribution in [0.4, 0.5) is 0 Å². The van der Waals surface area contributed by atoms with Crippen molar-refractivity contribution in [3.05, 3.63) is 65.2 Å². The van der Waals surface area contributed by atoms with E-state index in [1.165, 1.54) is 0 Å². The summed E-state index contributed by atoms with van der Waals surface area (Å²) in [6.45, 7) is 2.29. The van der Waals surface area contributed by atoms with Crippen molar-refractivity contribution in [3.8, 4) is 5.75 Å². The molecule has 5 heteroatoms. The van der Waals surface area contributed by atoms with Crippen LogP contribution in [0.2, 0.25) is 0 Å². The molecule has 1 N–H and O–H groups in total. The van der Waals surface area contributed by atoms with E-state index >= 15 is 0 Å². The number of hydrogen-bond donors (Lipinski definition) is 1. The van der Waals surface area contributed by atoms with Gasteiger partial charge in [-0.05, 0) is 35.7 Å². The van der Waals surface area contributed by atoms with Crippen molar-refractivity contribution in [1.29, 1.82) is 0 Å². The molecule has 25 heavy (non-hydrogen) atoms. The number of hydrogen-bond acceptors (Lipinski definition) is 3. The number of aliphatic carboxylic acids is 1. The average molecular weight is 339 g/mol. The number of methoxy groups -OCH3 is 1. The maximum Gasteiger partial charge on any atom is 0.313 e. The van der Waals surface area contributed by atoms with E-state index in [9.17, 15) is 14.7 Å². The number of fused-ring (bicyclic) bond motifs is 1. The number of carboxylic acids is 1. The first kappa shape index (κ1) is 17.0. The minimum absolute atomic E-state index is 0.115. The van der Waals surface area contributed by atoms with Crippen LogP contribution >= 0.6 is 0 Å². The minimum Gasteiger partial charge on any atom is -0.497 e. The SMILES string of the molecule is CCC1C(C(=O)O)c2ccccc2C(=O)N1Cc1ccc(OC)cc1. The minimum atomic E-state index is -0.897. The van der Waals surface area contributed by atoms with Crippen LogP contribution in [0.25, 0.3) is 0 Å². The maximum atomic E-state index is 13.0. The van der Waals surface area contributed by atoms with Gasteiger partial charge < -0.3 is 14.7 Å². The second-order valence-electron chi connectivity index (χ2n) is 6.16. The fourth-order valence-electron chi connectivity index (χ4n) is 3.53. The Morgan fingerprint density at radius 1 is 1.16 bits per heavy atom. The lowest BCUT2D eigenvalue weighted by Gasteiger charge is -2.40. The van der Waals surface area contributed by atoms with Crippen LogP contribution in [0.3, 0.4) is 0 Å². The molecule has 1 heterocycles. The van der Waals surface area contributed by atoms with Crippen LogP contribution in [0.1, 0.15) is 40.7 Å². The second kappa shape index (κ2) is 6.97. The molecule has 5 nitrogen and oxygen atoms in total. The fraction of sp³-hybridized carbons (Fsp3) is 0.300. The number of amides is 1. The van der Waals surface area contributed by atoms with Crippen molar-refractivity contribution >= 4 is 11.9 Å². The average Bonchev–Trinajstić information content (AvgIpc) is 2.64. The molecule has 3 rings (SSSR count). The van der Waals surface area contributed by atoms with Gasteiger partial charge in [-0.15, -0.1) is 0 Å². The largest absolute Gasteiger partial charge is 0.497 e. The molecule has 0 bridgehead atoms. The summed E-state index contributed by atoms with van der Waals surface area (Å²) >= 11 is 0. The van der Waals surface area contributed by atoms with Gasteiger partial charge in [0.25, 0.3) is 5.91 Å². The van der Waals surface area contributed by atoms with Crippen LogP contribution in [0.5, 0.6) is 5.75 Å². The zero-order valence-electron chi connectivity index (χ0n) is 14.3. The van der Waals surface area contributed by atoms with Gasteiger partial charge in [0, 0.05) is 18.2 Å². The summed E-state index contributed by atoms with van der Waals surface area (Å²) in [6, 6.07) is 14.1. The van der Waals surface area contributed by atoms with Crippen molar-refractivity contribution in [2.75, 3.05) is 7.11 Å². The van der Waals surface area contributed by atoms with Gasteiger partial charge in [-0.2, -0.15) is 0 Å². The summed E-state index contributed by atoms with van der Waals surface area (Å²) in [5.41, 5.74) is 2.03. The Balaban J connectivity index is 1.99. The highest BCUT2D eigenvalue weighted by molar-refractivity contribution is 6.00. The lowest BCUT2D eigenvalue weighted by atomic mass is 9.81. The van der Waals surface area contributed by atoms with Crippen molar-refractivity contribution in [2.45, 2.75) is 31.8 Å². The van der Waals surface area contributed by atoms with E-state index in [0.717, 1.165) is 11.3 Å². The Kier molecular flexibility index (Phi) is 4.74. The van der Waals surface area contributed by atoms with Gasteiger partial charge in [0.1, 0.15) is 11.7 Å². The fourth-order valence-corrected chi connectivity index (χ4v) is 3.53. The molecule has 1 aliphatic rings. The maximum absolute atomic E-state index is 13.0. The van der Waals surface area contributed by atoms with Gasteiger partial charge in [-0.25, -0.2) is 0 Å². The number of rotatable bonds is 5. The van der Waals surface area contributed by atoms with Crippen molar-refractivity contribution < 1.29 is 19.4 Å². The summed E-state index contributed by atoms with van der Waals surface area (Å²) in [5.74, 6) is -0.978. The molecular weight excluding hydrogens is 318 g/mol. The van der Waals surface area contributed by atoms with E-state index in [0.29, 0.717) is 24.1 Å². The molecule has 0 radical (unpaired) electrons. The van der Waals surface area contributed by atoms with Gasteiger partial charge in [0.15, 0.2) is 0 Å². The molecular formula is C20H21NO4. The molecule has 0 saturated heterocycles. The number of ether oxygens (including phenoxy) is 1. The lowest BCUT2D eigenvalue weighted by molar-refractivity contribution is -0.140. The van der Waals surface area contributed by atoms with Crippen LogP contribution < -0.4 is 4.74 Å². The molecule has 0 spiro atoms. The second-order valence-corrected chi connectivity index (χ2v) is 6.16. The lowest BCUT2D eigenvalue weighted by Crippen LogP contribution is -2.49. The summed E-state index contributed by atoms with van der Waals surface area (Å²) < 4.78 is 5.16. The molecule has 0 aliphatic carbocycles. The molecule has 1 aliphatic heterocycles. The first-order chi connectivity index (χ1) is 12.1. The zero-order chi connectivity index (χ0) is 18.0. The van der Waals surface area contributed by atoms with Crippen molar-refractivity contribution in [2.24, 2.45) is 0 Å². The van der Waals surface area contributed by atoms with Gasteiger partial charge in [0.05, 0.1) is 7.11 Å². The van der Waals surface area contributed by atoms with Gasteiger partial charge >= 0.3 is 5.97 Å². The van der Waals surface area contributed by atoms with E-state index < -0.39 is 11.9 Å². The molecule has 0 aromatic heterocycles. The molecule has 1 amide bonds. The van der Waals surface area contributed by atoms with Crippen LogP contribution in [-0.2, 0) is 11.3 Å².